The number of carbonyl (C=O) groups is 2. The highest BCUT2D eigenvalue weighted by Crippen LogP contribution is 2.41. The van der Waals surface area contributed by atoms with Gasteiger partial charge in [-0.3, -0.25) is 4.79 Å². The van der Waals surface area contributed by atoms with Crippen LogP contribution in [0.15, 0.2) is 0 Å². The molecule has 2 atom stereocenters. The Morgan fingerprint density at radius 1 is 1.73 bits per heavy atom. The number of alkyl halides is 1. The number of halogens is 1. The Labute approximate surface area is 87.4 Å². The van der Waals surface area contributed by atoms with E-state index in [4.69, 9.17) is 4.74 Å². The van der Waals surface area contributed by atoms with Crippen LogP contribution in [0.25, 0.3) is 0 Å². The van der Waals surface area contributed by atoms with Gasteiger partial charge in [0.2, 0.25) is 5.91 Å². The van der Waals surface area contributed by atoms with Gasteiger partial charge in [0, 0.05) is 12.8 Å². The van der Waals surface area contributed by atoms with Gasteiger partial charge in [0.25, 0.3) is 0 Å². The van der Waals surface area contributed by atoms with Crippen LogP contribution in [0.3, 0.4) is 0 Å². The molecule has 2 aliphatic rings. The van der Waals surface area contributed by atoms with Crippen LogP contribution >= 0.6 is 0 Å². The Bertz CT molecular complexity index is 307. The lowest BCUT2D eigenvalue weighted by Crippen LogP contribution is -2.48. The molecule has 5 heteroatoms. The van der Waals surface area contributed by atoms with E-state index in [-0.39, 0.29) is 25.5 Å². The van der Waals surface area contributed by atoms with Crippen LogP contribution < -0.4 is 0 Å². The second-order valence-corrected chi connectivity index (χ2v) is 4.06. The van der Waals surface area contributed by atoms with Gasteiger partial charge >= 0.3 is 5.97 Å². The van der Waals surface area contributed by atoms with Crippen molar-refractivity contribution in [2.45, 2.75) is 37.9 Å². The minimum atomic E-state index is -1.10. The van der Waals surface area contributed by atoms with Crippen molar-refractivity contribution in [2.24, 2.45) is 0 Å². The zero-order valence-corrected chi connectivity index (χ0v) is 8.66. The Hall–Kier alpha value is -1.13. The van der Waals surface area contributed by atoms with E-state index in [1.165, 1.54) is 4.90 Å². The molecule has 2 aliphatic heterocycles. The zero-order valence-electron chi connectivity index (χ0n) is 8.66. The third kappa shape index (κ3) is 1.41. The number of carbonyl (C=O) groups excluding carboxylic acids is 2. The van der Waals surface area contributed by atoms with Gasteiger partial charge in [-0.2, -0.15) is 0 Å². The van der Waals surface area contributed by atoms with E-state index in [0.717, 1.165) is 0 Å². The van der Waals surface area contributed by atoms with Crippen LogP contribution in [0.2, 0.25) is 0 Å². The SMILES string of the molecule is CCOC(=O)C12CCC(=O)N1CC(F)C2. The van der Waals surface area contributed by atoms with Gasteiger partial charge in [-0.05, 0) is 13.3 Å². The minimum absolute atomic E-state index is 0.0393. The van der Waals surface area contributed by atoms with Crippen molar-refractivity contribution in [1.82, 2.24) is 4.90 Å². The summed E-state index contributed by atoms with van der Waals surface area (Å²) in [5.41, 5.74) is -0.994. The summed E-state index contributed by atoms with van der Waals surface area (Å²) < 4.78 is 18.2. The fourth-order valence-corrected chi connectivity index (χ4v) is 2.50. The van der Waals surface area contributed by atoms with Crippen LogP contribution in [0.5, 0.6) is 0 Å². The molecule has 0 aliphatic carbocycles. The van der Waals surface area contributed by atoms with E-state index in [1.807, 2.05) is 0 Å². The molecular formula is C10H14FNO3. The Morgan fingerprint density at radius 3 is 3.13 bits per heavy atom. The second kappa shape index (κ2) is 3.47. The van der Waals surface area contributed by atoms with Crippen LogP contribution in [0.1, 0.15) is 26.2 Å². The molecule has 15 heavy (non-hydrogen) atoms. The van der Waals surface area contributed by atoms with Crippen molar-refractivity contribution in [3.05, 3.63) is 0 Å². The molecule has 2 fully saturated rings. The highest BCUT2D eigenvalue weighted by atomic mass is 19.1. The number of esters is 1. The van der Waals surface area contributed by atoms with Crippen molar-refractivity contribution in [3.8, 4) is 0 Å². The molecule has 0 radical (unpaired) electrons. The molecule has 2 rings (SSSR count). The third-order valence-electron chi connectivity index (χ3n) is 3.17. The van der Waals surface area contributed by atoms with Crippen molar-refractivity contribution < 1.29 is 18.7 Å². The maximum Gasteiger partial charge on any atom is 0.332 e. The monoisotopic (exact) mass is 215 g/mol. The summed E-state index contributed by atoms with van der Waals surface area (Å²) >= 11 is 0. The first-order valence-electron chi connectivity index (χ1n) is 5.22. The highest BCUT2D eigenvalue weighted by Gasteiger charge is 2.58. The first-order chi connectivity index (χ1) is 7.10. The Balaban J connectivity index is 2.24. The van der Waals surface area contributed by atoms with Crippen LogP contribution in [0.4, 0.5) is 4.39 Å². The first kappa shape index (κ1) is 10.4. The van der Waals surface area contributed by atoms with Gasteiger partial charge in [-0.15, -0.1) is 0 Å². The standard InChI is InChI=1S/C10H14FNO3/c1-2-15-9(14)10-4-3-8(13)12(10)6-7(11)5-10/h7H,2-6H2,1H3. The zero-order chi connectivity index (χ0) is 11.1. The van der Waals surface area contributed by atoms with Crippen molar-refractivity contribution >= 4 is 11.9 Å². The molecule has 1 amide bonds. The molecule has 0 aromatic carbocycles. The fraction of sp³-hybridized carbons (Fsp3) is 0.800. The summed E-state index contributed by atoms with van der Waals surface area (Å²) in [5.74, 6) is -0.584. The minimum Gasteiger partial charge on any atom is -0.464 e. The van der Waals surface area contributed by atoms with Gasteiger partial charge in [-0.1, -0.05) is 0 Å². The number of nitrogens with zero attached hydrogens (tertiary/aromatic N) is 1. The molecule has 0 aromatic rings. The molecule has 2 heterocycles. The van der Waals surface area contributed by atoms with E-state index in [1.54, 1.807) is 6.92 Å². The molecule has 0 aromatic heterocycles. The molecule has 0 bridgehead atoms. The van der Waals surface area contributed by atoms with Gasteiger partial charge in [0.15, 0.2) is 0 Å². The molecular weight excluding hydrogens is 201 g/mol. The number of hydrogen-bond donors (Lipinski definition) is 0. The van der Waals surface area contributed by atoms with E-state index in [0.29, 0.717) is 12.8 Å². The molecule has 4 nitrogen and oxygen atoms in total. The first-order valence-corrected chi connectivity index (χ1v) is 5.22. The smallest absolute Gasteiger partial charge is 0.332 e. The average Bonchev–Trinajstić information content (AvgIpc) is 2.66. The number of hydrogen-bond acceptors (Lipinski definition) is 3. The predicted octanol–water partition coefficient (Wildman–Crippen LogP) is 0.652. The molecule has 0 spiro atoms. The molecule has 2 unspecified atom stereocenters. The van der Waals surface area contributed by atoms with Gasteiger partial charge < -0.3 is 9.64 Å². The van der Waals surface area contributed by atoms with Crippen molar-refractivity contribution in [3.63, 3.8) is 0 Å². The van der Waals surface area contributed by atoms with E-state index in [9.17, 15) is 14.0 Å². The van der Waals surface area contributed by atoms with Crippen LogP contribution in [-0.2, 0) is 14.3 Å². The number of rotatable bonds is 2. The summed E-state index contributed by atoms with van der Waals surface area (Å²) in [6, 6.07) is 0. The fourth-order valence-electron chi connectivity index (χ4n) is 2.50. The van der Waals surface area contributed by atoms with Crippen LogP contribution in [0, 0.1) is 0 Å². The van der Waals surface area contributed by atoms with Gasteiger partial charge in [0.1, 0.15) is 11.7 Å². The lowest BCUT2D eigenvalue weighted by atomic mass is 9.94. The van der Waals surface area contributed by atoms with Crippen molar-refractivity contribution in [1.29, 1.82) is 0 Å². The maximum atomic E-state index is 13.3. The maximum absolute atomic E-state index is 13.3. The third-order valence-corrected chi connectivity index (χ3v) is 3.17. The lowest BCUT2D eigenvalue weighted by molar-refractivity contribution is -0.157. The largest absolute Gasteiger partial charge is 0.464 e. The summed E-state index contributed by atoms with van der Waals surface area (Å²) in [5, 5.41) is 0. The second-order valence-electron chi connectivity index (χ2n) is 4.06. The predicted molar refractivity (Wildman–Crippen MR) is 49.8 cm³/mol. The summed E-state index contributed by atoms with van der Waals surface area (Å²) in [6.45, 7) is 2.01. The molecule has 2 saturated heterocycles. The van der Waals surface area contributed by atoms with Crippen molar-refractivity contribution in [2.75, 3.05) is 13.2 Å². The van der Waals surface area contributed by atoms with Crippen LogP contribution in [-0.4, -0.2) is 41.6 Å². The van der Waals surface area contributed by atoms with Gasteiger partial charge in [0.05, 0.1) is 13.2 Å². The van der Waals surface area contributed by atoms with Gasteiger partial charge in [-0.25, -0.2) is 9.18 Å². The molecule has 84 valence electrons. The Morgan fingerprint density at radius 2 is 2.47 bits per heavy atom. The van der Waals surface area contributed by atoms with E-state index in [2.05, 4.69) is 0 Å². The van der Waals surface area contributed by atoms with E-state index < -0.39 is 17.7 Å². The Kier molecular flexibility index (Phi) is 2.40. The summed E-state index contributed by atoms with van der Waals surface area (Å²) in [7, 11) is 0. The number of fused-ring (bicyclic) bond motifs is 1. The van der Waals surface area contributed by atoms with E-state index >= 15 is 0 Å². The molecule has 0 saturated carbocycles. The summed E-state index contributed by atoms with van der Waals surface area (Å²) in [6.07, 6.45) is -0.285. The molecule has 0 N–H and O–H groups in total. The number of ether oxygens (including phenoxy) is 1. The normalized spacial score (nSPS) is 34.4. The average molecular weight is 215 g/mol. The topological polar surface area (TPSA) is 46.6 Å². The number of amides is 1. The lowest BCUT2D eigenvalue weighted by Gasteiger charge is -2.28. The quantitative estimate of drug-likeness (QED) is 0.635. The highest BCUT2D eigenvalue weighted by molar-refractivity contribution is 5.92. The summed E-state index contributed by atoms with van der Waals surface area (Å²) in [4.78, 5) is 24.6.